The van der Waals surface area contributed by atoms with Crippen molar-refractivity contribution in [2.24, 2.45) is 0 Å². The zero-order valence-corrected chi connectivity index (χ0v) is 14.1. The van der Waals surface area contributed by atoms with E-state index < -0.39 is 11.9 Å². The van der Waals surface area contributed by atoms with Crippen LogP contribution in [-0.2, 0) is 9.59 Å². The molecule has 0 radical (unpaired) electrons. The summed E-state index contributed by atoms with van der Waals surface area (Å²) in [6.07, 6.45) is 3.16. The summed E-state index contributed by atoms with van der Waals surface area (Å²) in [7, 11) is 0. The van der Waals surface area contributed by atoms with Crippen molar-refractivity contribution < 1.29 is 27.9 Å². The minimum Gasteiger partial charge on any atom is -0.464 e. The first-order chi connectivity index (χ1) is 12.5. The van der Waals surface area contributed by atoms with Crippen LogP contribution < -0.4 is 9.47 Å². The van der Waals surface area contributed by atoms with Crippen LogP contribution in [0.4, 0.5) is 0 Å². The predicted molar refractivity (Wildman–Crippen MR) is 94.0 cm³/mol. The first-order valence-electron chi connectivity index (χ1n) is 7.91. The molecule has 0 aliphatic rings. The topological polar surface area (TPSA) is 78.9 Å². The summed E-state index contributed by atoms with van der Waals surface area (Å²) in [5.41, 5.74) is 2.81. The van der Waals surface area contributed by atoms with Gasteiger partial charge in [-0.2, -0.15) is 0 Å². The number of benzene rings is 2. The van der Waals surface area contributed by atoms with Crippen LogP contribution in [0, 0.1) is 0 Å². The maximum absolute atomic E-state index is 11.3. The first-order valence-corrected chi connectivity index (χ1v) is 7.91. The minimum absolute atomic E-state index is 0.394. The molecule has 2 heterocycles. The van der Waals surface area contributed by atoms with Gasteiger partial charge in [-0.25, -0.2) is 0 Å². The van der Waals surface area contributed by atoms with Gasteiger partial charge in [-0.1, -0.05) is 0 Å². The highest BCUT2D eigenvalue weighted by Crippen LogP contribution is 2.39. The molecular weight excluding hydrogens is 336 g/mol. The van der Waals surface area contributed by atoms with Crippen molar-refractivity contribution in [3.8, 4) is 22.6 Å². The Labute approximate surface area is 147 Å². The van der Waals surface area contributed by atoms with Crippen molar-refractivity contribution in [2.45, 2.75) is 13.8 Å². The van der Waals surface area contributed by atoms with E-state index in [2.05, 4.69) is 0 Å². The van der Waals surface area contributed by atoms with E-state index in [1.54, 1.807) is 36.8 Å². The summed E-state index contributed by atoms with van der Waals surface area (Å²) >= 11 is 0. The van der Waals surface area contributed by atoms with Crippen molar-refractivity contribution in [1.82, 2.24) is 0 Å². The second kappa shape index (κ2) is 6.07. The Morgan fingerprint density at radius 2 is 1.65 bits per heavy atom. The Kier molecular flexibility index (Phi) is 3.73. The predicted octanol–water partition coefficient (Wildman–Crippen LogP) is 4.70. The van der Waals surface area contributed by atoms with Crippen LogP contribution in [0.15, 0.2) is 57.8 Å². The minimum atomic E-state index is -0.396. The highest BCUT2D eigenvalue weighted by Gasteiger charge is 2.17. The fraction of sp³-hybridized carbons (Fsp3) is 0.100. The van der Waals surface area contributed by atoms with Gasteiger partial charge in [-0.15, -0.1) is 0 Å². The molecule has 26 heavy (non-hydrogen) atoms. The zero-order chi connectivity index (χ0) is 18.3. The van der Waals surface area contributed by atoms with Gasteiger partial charge >= 0.3 is 11.9 Å². The smallest absolute Gasteiger partial charge is 0.308 e. The molecule has 0 unspecified atom stereocenters. The van der Waals surface area contributed by atoms with E-state index in [4.69, 9.17) is 18.3 Å². The normalized spacial score (nSPS) is 11.0. The van der Waals surface area contributed by atoms with Crippen LogP contribution in [0.2, 0.25) is 0 Å². The number of carbonyl (C=O) groups is 2. The summed E-state index contributed by atoms with van der Waals surface area (Å²) in [6.45, 7) is 2.69. The van der Waals surface area contributed by atoms with Crippen LogP contribution in [0.1, 0.15) is 13.8 Å². The molecule has 2 aromatic heterocycles. The first kappa shape index (κ1) is 16.0. The Hall–Kier alpha value is -3.54. The van der Waals surface area contributed by atoms with Crippen molar-refractivity contribution >= 4 is 33.9 Å². The van der Waals surface area contributed by atoms with Crippen LogP contribution in [-0.4, -0.2) is 11.9 Å². The number of fused-ring (bicyclic) bond motifs is 2. The van der Waals surface area contributed by atoms with Gasteiger partial charge in [0.2, 0.25) is 0 Å². The molecule has 0 fully saturated rings. The lowest BCUT2D eigenvalue weighted by Crippen LogP contribution is -2.01. The summed E-state index contributed by atoms with van der Waals surface area (Å²) in [5.74, 6) is 0.0655. The number of esters is 2. The number of hydrogen-bond acceptors (Lipinski definition) is 6. The molecule has 4 aromatic rings. The SMILES string of the molecule is CC(=O)Oc1ccc2c(-c3ccc(OC(C)=O)c4ccoc34)coc2c1. The molecular formula is C20H14O6. The van der Waals surface area contributed by atoms with Gasteiger partial charge in [0.25, 0.3) is 0 Å². The number of ether oxygens (including phenoxy) is 2. The van der Waals surface area contributed by atoms with Crippen molar-refractivity contribution in [2.75, 3.05) is 0 Å². The molecule has 0 saturated heterocycles. The Balaban J connectivity index is 1.84. The maximum Gasteiger partial charge on any atom is 0.308 e. The van der Waals surface area contributed by atoms with E-state index in [0.29, 0.717) is 28.1 Å². The molecule has 0 spiro atoms. The van der Waals surface area contributed by atoms with Gasteiger partial charge in [0.05, 0.1) is 17.9 Å². The lowest BCUT2D eigenvalue weighted by Gasteiger charge is -2.06. The molecule has 6 heteroatoms. The van der Waals surface area contributed by atoms with Crippen LogP contribution in [0.25, 0.3) is 33.1 Å². The van der Waals surface area contributed by atoms with Crippen LogP contribution in [0.3, 0.4) is 0 Å². The molecule has 6 nitrogen and oxygen atoms in total. The lowest BCUT2D eigenvalue weighted by molar-refractivity contribution is -0.132. The van der Waals surface area contributed by atoms with E-state index in [1.165, 1.54) is 13.8 Å². The van der Waals surface area contributed by atoms with Gasteiger partial charge in [-0.3, -0.25) is 9.59 Å². The Morgan fingerprint density at radius 3 is 2.42 bits per heavy atom. The van der Waals surface area contributed by atoms with Crippen LogP contribution in [0.5, 0.6) is 11.5 Å². The second-order valence-corrected chi connectivity index (χ2v) is 5.77. The monoisotopic (exact) mass is 350 g/mol. The molecule has 0 saturated carbocycles. The van der Waals surface area contributed by atoms with E-state index in [9.17, 15) is 9.59 Å². The van der Waals surface area contributed by atoms with Gasteiger partial charge in [0, 0.05) is 36.4 Å². The zero-order valence-electron chi connectivity index (χ0n) is 14.1. The van der Waals surface area contributed by atoms with Crippen molar-refractivity contribution in [3.63, 3.8) is 0 Å². The summed E-state index contributed by atoms with van der Waals surface area (Å²) in [5, 5.41) is 1.54. The highest BCUT2D eigenvalue weighted by molar-refractivity contribution is 6.04. The molecule has 4 rings (SSSR count). The largest absolute Gasteiger partial charge is 0.464 e. The number of rotatable bonds is 3. The van der Waals surface area contributed by atoms with E-state index in [0.717, 1.165) is 16.5 Å². The third-order valence-corrected chi connectivity index (χ3v) is 3.93. The second-order valence-electron chi connectivity index (χ2n) is 5.77. The average molecular weight is 350 g/mol. The summed E-state index contributed by atoms with van der Waals surface area (Å²) < 4.78 is 21.6. The van der Waals surface area contributed by atoms with E-state index >= 15 is 0 Å². The summed E-state index contributed by atoms with van der Waals surface area (Å²) in [4.78, 5) is 22.4. The molecule has 0 N–H and O–H groups in total. The Bertz CT molecular complexity index is 1150. The lowest BCUT2D eigenvalue weighted by atomic mass is 10.0. The number of hydrogen-bond donors (Lipinski definition) is 0. The molecule has 0 amide bonds. The fourth-order valence-corrected chi connectivity index (χ4v) is 2.94. The van der Waals surface area contributed by atoms with Crippen LogP contribution >= 0.6 is 0 Å². The summed E-state index contributed by atoms with van der Waals surface area (Å²) in [6, 6.07) is 10.5. The molecule has 130 valence electrons. The Morgan fingerprint density at radius 1 is 0.846 bits per heavy atom. The number of carbonyl (C=O) groups excluding carboxylic acids is 2. The maximum atomic E-state index is 11.3. The third-order valence-electron chi connectivity index (χ3n) is 3.93. The standard InChI is InChI=1S/C20H14O6/c1-11(21)25-13-3-4-14-17(10-24-19(14)9-13)15-5-6-18(26-12(2)22)16-7-8-23-20(15)16/h3-10H,1-2H3. The van der Waals surface area contributed by atoms with Crippen molar-refractivity contribution in [1.29, 1.82) is 0 Å². The molecule has 2 aromatic carbocycles. The van der Waals surface area contributed by atoms with Gasteiger partial charge in [-0.05, 0) is 30.3 Å². The van der Waals surface area contributed by atoms with Crippen molar-refractivity contribution in [3.05, 3.63) is 48.9 Å². The number of furan rings is 2. The third kappa shape index (κ3) is 2.71. The fourth-order valence-electron chi connectivity index (χ4n) is 2.94. The van der Waals surface area contributed by atoms with E-state index in [-0.39, 0.29) is 0 Å². The van der Waals surface area contributed by atoms with Gasteiger partial charge in [0.1, 0.15) is 22.7 Å². The quantitative estimate of drug-likeness (QED) is 0.394. The average Bonchev–Trinajstić information content (AvgIpc) is 3.21. The highest BCUT2D eigenvalue weighted by atomic mass is 16.5. The molecule has 0 bridgehead atoms. The molecule has 0 atom stereocenters. The van der Waals surface area contributed by atoms with Gasteiger partial charge < -0.3 is 18.3 Å². The molecule has 0 aliphatic heterocycles. The van der Waals surface area contributed by atoms with E-state index in [1.807, 2.05) is 12.1 Å². The van der Waals surface area contributed by atoms with Gasteiger partial charge in [0.15, 0.2) is 0 Å². The molecule has 0 aliphatic carbocycles.